The minimum Gasteiger partial charge on any atom is -0.481 e. The molecule has 1 aromatic heterocycles. The first-order chi connectivity index (χ1) is 11.3. The van der Waals surface area contributed by atoms with Crippen molar-refractivity contribution in [1.82, 2.24) is 14.3 Å². The Balaban J connectivity index is 1.85. The maximum Gasteiger partial charge on any atom is 0.310 e. The summed E-state index contributed by atoms with van der Waals surface area (Å²) >= 11 is 0. The van der Waals surface area contributed by atoms with E-state index >= 15 is 0 Å². The molecule has 1 N–H and O–H groups in total. The zero-order chi connectivity index (χ0) is 17.4. The Morgan fingerprint density at radius 3 is 2.38 bits per heavy atom. The maximum absolute atomic E-state index is 12.6. The Morgan fingerprint density at radius 1 is 1.21 bits per heavy atom. The van der Waals surface area contributed by atoms with Crippen molar-refractivity contribution in [3.63, 3.8) is 0 Å². The van der Waals surface area contributed by atoms with E-state index in [2.05, 4.69) is 9.97 Å². The average Bonchev–Trinajstić information content (AvgIpc) is 3.00. The highest BCUT2D eigenvalue weighted by Crippen LogP contribution is 2.33. The van der Waals surface area contributed by atoms with Gasteiger partial charge in [0, 0.05) is 18.7 Å². The van der Waals surface area contributed by atoms with E-state index in [1.54, 1.807) is 6.92 Å². The molecule has 0 aliphatic carbocycles. The van der Waals surface area contributed by atoms with E-state index in [4.69, 9.17) is 0 Å². The summed E-state index contributed by atoms with van der Waals surface area (Å²) < 4.78 is 26.5. The van der Waals surface area contributed by atoms with E-state index in [0.717, 1.165) is 5.56 Å². The Hall–Kier alpha value is -2.32. The lowest BCUT2D eigenvalue weighted by molar-refractivity contribution is -0.146. The summed E-state index contributed by atoms with van der Waals surface area (Å²) in [5.74, 6) is -0.553. The van der Waals surface area contributed by atoms with Crippen molar-refractivity contribution < 1.29 is 18.3 Å². The van der Waals surface area contributed by atoms with Crippen LogP contribution in [-0.4, -0.2) is 46.9 Å². The van der Waals surface area contributed by atoms with Crippen LogP contribution in [0.15, 0.2) is 47.6 Å². The van der Waals surface area contributed by atoms with Crippen molar-refractivity contribution in [3.8, 4) is 11.4 Å². The van der Waals surface area contributed by atoms with Gasteiger partial charge in [-0.15, -0.1) is 0 Å². The molecule has 1 aromatic carbocycles. The predicted octanol–water partition coefficient (Wildman–Crippen LogP) is 1.63. The molecule has 1 aliphatic rings. The Bertz CT molecular complexity index is 853. The van der Waals surface area contributed by atoms with Gasteiger partial charge in [-0.3, -0.25) is 4.79 Å². The third-order valence-corrected chi connectivity index (χ3v) is 6.05. The molecule has 7 nitrogen and oxygen atoms in total. The fourth-order valence-corrected chi connectivity index (χ4v) is 4.09. The molecule has 1 unspecified atom stereocenters. The molecule has 0 radical (unpaired) electrons. The number of carboxylic acid groups (broad SMARTS) is 1. The number of carboxylic acids is 1. The summed E-state index contributed by atoms with van der Waals surface area (Å²) in [4.78, 5) is 19.5. The van der Waals surface area contributed by atoms with Crippen molar-refractivity contribution in [2.75, 3.05) is 13.1 Å². The fourth-order valence-electron chi connectivity index (χ4n) is 2.63. The van der Waals surface area contributed by atoms with Gasteiger partial charge in [-0.1, -0.05) is 30.3 Å². The molecule has 1 saturated heterocycles. The van der Waals surface area contributed by atoms with E-state index in [0.29, 0.717) is 5.82 Å². The molecule has 0 amide bonds. The number of hydrogen-bond donors (Lipinski definition) is 1. The van der Waals surface area contributed by atoms with Gasteiger partial charge in [0.25, 0.3) is 0 Å². The molecular formula is C16H17N3O4S. The second kappa shape index (κ2) is 5.95. The first-order valence-corrected chi connectivity index (χ1v) is 8.88. The maximum atomic E-state index is 12.6. The highest BCUT2D eigenvalue weighted by Gasteiger charge is 2.45. The second-order valence-corrected chi connectivity index (χ2v) is 8.00. The Labute approximate surface area is 140 Å². The molecule has 1 fully saturated rings. The van der Waals surface area contributed by atoms with E-state index in [1.165, 1.54) is 16.7 Å². The molecule has 3 rings (SSSR count). The van der Waals surface area contributed by atoms with Crippen LogP contribution in [0.4, 0.5) is 0 Å². The van der Waals surface area contributed by atoms with Crippen molar-refractivity contribution in [1.29, 1.82) is 0 Å². The van der Waals surface area contributed by atoms with Crippen LogP contribution in [0.1, 0.15) is 13.3 Å². The smallest absolute Gasteiger partial charge is 0.310 e. The molecule has 0 saturated carbocycles. The van der Waals surface area contributed by atoms with Gasteiger partial charge in [-0.25, -0.2) is 18.4 Å². The normalized spacial score (nSPS) is 21.7. The number of carbonyl (C=O) groups is 1. The number of aromatic nitrogens is 2. The summed E-state index contributed by atoms with van der Waals surface area (Å²) in [5.41, 5.74) is -0.265. The lowest BCUT2D eigenvalue weighted by atomic mass is 9.90. The van der Waals surface area contributed by atoms with Crippen LogP contribution in [0, 0.1) is 5.41 Å². The summed E-state index contributed by atoms with van der Waals surface area (Å²) in [5, 5.41) is 9.24. The zero-order valence-electron chi connectivity index (χ0n) is 13.1. The van der Waals surface area contributed by atoms with Crippen LogP contribution in [0.5, 0.6) is 0 Å². The number of benzene rings is 1. The van der Waals surface area contributed by atoms with Crippen molar-refractivity contribution in [3.05, 3.63) is 42.7 Å². The molecule has 126 valence electrons. The van der Waals surface area contributed by atoms with E-state index in [1.807, 2.05) is 30.3 Å². The highest BCUT2D eigenvalue weighted by molar-refractivity contribution is 7.89. The summed E-state index contributed by atoms with van der Waals surface area (Å²) in [7, 11) is -3.80. The molecular weight excluding hydrogens is 330 g/mol. The Morgan fingerprint density at radius 2 is 1.83 bits per heavy atom. The van der Waals surface area contributed by atoms with Crippen LogP contribution in [-0.2, 0) is 14.8 Å². The quantitative estimate of drug-likeness (QED) is 0.902. The SMILES string of the molecule is CC1(C(=O)O)CCN(S(=O)(=O)c2cnc(-c3ccccc3)nc2)C1. The van der Waals surface area contributed by atoms with E-state index in [-0.39, 0.29) is 24.4 Å². The van der Waals surface area contributed by atoms with Gasteiger partial charge in [0.1, 0.15) is 4.90 Å². The number of nitrogens with zero attached hydrogens (tertiary/aromatic N) is 3. The number of sulfonamides is 1. The summed E-state index contributed by atoms with van der Waals surface area (Å²) in [6.45, 7) is 1.68. The first-order valence-electron chi connectivity index (χ1n) is 7.44. The molecule has 0 spiro atoms. The molecule has 8 heteroatoms. The molecule has 24 heavy (non-hydrogen) atoms. The molecule has 1 aliphatic heterocycles. The number of hydrogen-bond acceptors (Lipinski definition) is 5. The Kier molecular flexibility index (Phi) is 4.10. The standard InChI is InChI=1S/C16H17N3O4S/c1-16(15(20)21)7-8-19(11-16)24(22,23)13-9-17-14(18-10-13)12-5-3-2-4-6-12/h2-6,9-10H,7-8,11H2,1H3,(H,20,21). The van der Waals surface area contributed by atoms with Crippen molar-refractivity contribution in [2.24, 2.45) is 5.41 Å². The summed E-state index contributed by atoms with van der Waals surface area (Å²) in [6, 6.07) is 9.24. The molecule has 0 bridgehead atoms. The lowest BCUT2D eigenvalue weighted by Gasteiger charge is -2.19. The van der Waals surface area contributed by atoms with Gasteiger partial charge < -0.3 is 5.11 Å². The van der Waals surface area contributed by atoms with E-state index < -0.39 is 21.4 Å². The molecule has 2 aromatic rings. The predicted molar refractivity (Wildman–Crippen MR) is 86.6 cm³/mol. The van der Waals surface area contributed by atoms with Crippen LogP contribution in [0.3, 0.4) is 0 Å². The summed E-state index contributed by atoms with van der Waals surface area (Å²) in [6.07, 6.45) is 2.81. The largest absolute Gasteiger partial charge is 0.481 e. The van der Waals surface area contributed by atoms with Gasteiger partial charge in [0.15, 0.2) is 5.82 Å². The number of aliphatic carboxylic acids is 1. The van der Waals surface area contributed by atoms with Gasteiger partial charge in [0.05, 0.1) is 17.8 Å². The van der Waals surface area contributed by atoms with Gasteiger partial charge >= 0.3 is 5.97 Å². The minimum absolute atomic E-state index is 0.0307. The lowest BCUT2D eigenvalue weighted by Crippen LogP contribution is -2.35. The van der Waals surface area contributed by atoms with Gasteiger partial charge in [-0.05, 0) is 13.3 Å². The van der Waals surface area contributed by atoms with Crippen LogP contribution < -0.4 is 0 Å². The van der Waals surface area contributed by atoms with Crippen molar-refractivity contribution in [2.45, 2.75) is 18.2 Å². The van der Waals surface area contributed by atoms with E-state index in [9.17, 15) is 18.3 Å². The van der Waals surface area contributed by atoms with Gasteiger partial charge in [0.2, 0.25) is 10.0 Å². The minimum atomic E-state index is -3.80. The van der Waals surface area contributed by atoms with Gasteiger partial charge in [-0.2, -0.15) is 4.31 Å². The number of rotatable bonds is 4. The molecule has 2 heterocycles. The fraction of sp³-hybridized carbons (Fsp3) is 0.312. The van der Waals surface area contributed by atoms with Crippen LogP contribution in [0.2, 0.25) is 0 Å². The second-order valence-electron chi connectivity index (χ2n) is 6.06. The first kappa shape index (κ1) is 16.5. The van der Waals surface area contributed by atoms with Crippen LogP contribution >= 0.6 is 0 Å². The van der Waals surface area contributed by atoms with Crippen molar-refractivity contribution >= 4 is 16.0 Å². The topological polar surface area (TPSA) is 100 Å². The monoisotopic (exact) mass is 347 g/mol. The molecule has 1 atom stereocenters. The zero-order valence-corrected chi connectivity index (χ0v) is 13.9. The van der Waals surface area contributed by atoms with Crippen LogP contribution in [0.25, 0.3) is 11.4 Å². The third-order valence-electron chi connectivity index (χ3n) is 4.25. The average molecular weight is 347 g/mol. The third kappa shape index (κ3) is 2.90. The highest BCUT2D eigenvalue weighted by atomic mass is 32.2.